The Labute approximate surface area is 118 Å². The Balaban J connectivity index is 2.04. The Morgan fingerprint density at radius 2 is 2.00 bits per heavy atom. The van der Waals surface area contributed by atoms with Gasteiger partial charge in [-0.15, -0.1) is 0 Å². The highest BCUT2D eigenvalue weighted by atomic mass is 16.1. The molecule has 1 heterocycles. The first-order chi connectivity index (χ1) is 9.70. The molecule has 1 amide bonds. The lowest BCUT2D eigenvalue weighted by atomic mass is 10.1. The number of benzene rings is 1. The third kappa shape index (κ3) is 3.54. The van der Waals surface area contributed by atoms with Crippen molar-refractivity contribution in [3.63, 3.8) is 0 Å². The van der Waals surface area contributed by atoms with Gasteiger partial charge in [-0.2, -0.15) is 0 Å². The van der Waals surface area contributed by atoms with Gasteiger partial charge in [0.1, 0.15) is 6.33 Å². The van der Waals surface area contributed by atoms with Gasteiger partial charge in [0.25, 0.3) is 5.91 Å². The molecule has 0 unspecified atom stereocenters. The van der Waals surface area contributed by atoms with Crippen molar-refractivity contribution in [2.75, 3.05) is 11.9 Å². The van der Waals surface area contributed by atoms with Crippen LogP contribution in [-0.2, 0) is 6.54 Å². The third-order valence-corrected chi connectivity index (χ3v) is 2.92. The minimum atomic E-state index is -0.0430. The lowest BCUT2D eigenvalue weighted by Gasteiger charge is -2.11. The summed E-state index contributed by atoms with van der Waals surface area (Å²) < 4.78 is 0. The van der Waals surface area contributed by atoms with Crippen molar-refractivity contribution in [2.24, 2.45) is 0 Å². The molecule has 0 aliphatic carbocycles. The summed E-state index contributed by atoms with van der Waals surface area (Å²) in [6.45, 7) is 5.17. The maximum atomic E-state index is 11.7. The monoisotopic (exact) mass is 270 g/mol. The van der Waals surface area contributed by atoms with Crippen LogP contribution in [0.2, 0.25) is 0 Å². The third-order valence-electron chi connectivity index (χ3n) is 2.92. The SMILES string of the molecule is CCNC(=O)c1ccc(NCc2cncnc2)c(C)c1. The molecule has 2 rings (SSSR count). The molecular weight excluding hydrogens is 252 g/mol. The van der Waals surface area contributed by atoms with Crippen molar-refractivity contribution in [3.05, 3.63) is 53.6 Å². The summed E-state index contributed by atoms with van der Waals surface area (Å²) in [5.41, 5.74) is 3.73. The van der Waals surface area contributed by atoms with E-state index >= 15 is 0 Å². The number of hydrogen-bond acceptors (Lipinski definition) is 4. The molecule has 0 spiro atoms. The molecule has 0 radical (unpaired) electrons. The van der Waals surface area contributed by atoms with Crippen LogP contribution in [0.4, 0.5) is 5.69 Å². The predicted octanol–water partition coefficient (Wildman–Crippen LogP) is 2.15. The van der Waals surface area contributed by atoms with Gasteiger partial charge in [-0.25, -0.2) is 9.97 Å². The second-order valence-corrected chi connectivity index (χ2v) is 4.49. The standard InChI is InChI=1S/C15H18N4O/c1-3-18-15(20)13-4-5-14(11(2)6-13)19-9-12-7-16-10-17-8-12/h4-8,10,19H,3,9H2,1-2H3,(H,18,20). The second kappa shape index (κ2) is 6.65. The summed E-state index contributed by atoms with van der Waals surface area (Å²) in [5.74, 6) is -0.0430. The zero-order valence-corrected chi connectivity index (χ0v) is 11.7. The maximum absolute atomic E-state index is 11.7. The molecule has 0 aliphatic rings. The van der Waals surface area contributed by atoms with Crippen LogP contribution >= 0.6 is 0 Å². The number of nitrogens with zero attached hydrogens (tertiary/aromatic N) is 2. The Bertz CT molecular complexity index is 584. The van der Waals surface area contributed by atoms with E-state index in [-0.39, 0.29) is 5.91 Å². The summed E-state index contributed by atoms with van der Waals surface area (Å²) in [5, 5.41) is 6.11. The molecule has 20 heavy (non-hydrogen) atoms. The molecule has 0 saturated heterocycles. The Morgan fingerprint density at radius 1 is 1.25 bits per heavy atom. The molecule has 104 valence electrons. The topological polar surface area (TPSA) is 66.9 Å². The molecule has 0 atom stereocenters. The van der Waals surface area contributed by atoms with E-state index < -0.39 is 0 Å². The number of carbonyl (C=O) groups is 1. The number of hydrogen-bond donors (Lipinski definition) is 2. The lowest BCUT2D eigenvalue weighted by Crippen LogP contribution is -2.22. The van der Waals surface area contributed by atoms with Crippen LogP contribution < -0.4 is 10.6 Å². The maximum Gasteiger partial charge on any atom is 0.251 e. The Kier molecular flexibility index (Phi) is 4.65. The summed E-state index contributed by atoms with van der Waals surface area (Å²) >= 11 is 0. The van der Waals surface area contributed by atoms with Gasteiger partial charge in [-0.3, -0.25) is 4.79 Å². The number of carbonyl (C=O) groups excluding carboxylic acids is 1. The number of nitrogens with one attached hydrogen (secondary N) is 2. The number of amides is 1. The van der Waals surface area contributed by atoms with E-state index in [0.29, 0.717) is 18.7 Å². The van der Waals surface area contributed by atoms with E-state index in [2.05, 4.69) is 20.6 Å². The Morgan fingerprint density at radius 3 is 2.65 bits per heavy atom. The van der Waals surface area contributed by atoms with Gasteiger partial charge in [0.2, 0.25) is 0 Å². The molecule has 2 N–H and O–H groups in total. The molecule has 5 nitrogen and oxygen atoms in total. The molecule has 5 heteroatoms. The van der Waals surface area contributed by atoms with Crippen LogP contribution in [0.25, 0.3) is 0 Å². The number of anilines is 1. The molecule has 1 aromatic carbocycles. The minimum Gasteiger partial charge on any atom is -0.381 e. The zero-order chi connectivity index (χ0) is 14.4. The van der Waals surface area contributed by atoms with Crippen molar-refractivity contribution in [1.29, 1.82) is 0 Å². The summed E-state index contributed by atoms with van der Waals surface area (Å²) in [4.78, 5) is 19.7. The van der Waals surface area contributed by atoms with E-state index in [1.807, 2.05) is 32.0 Å². The first kappa shape index (κ1) is 14.0. The predicted molar refractivity (Wildman–Crippen MR) is 78.5 cm³/mol. The van der Waals surface area contributed by atoms with Crippen molar-refractivity contribution in [3.8, 4) is 0 Å². The van der Waals surface area contributed by atoms with Crippen LogP contribution in [0.5, 0.6) is 0 Å². The highest BCUT2D eigenvalue weighted by Gasteiger charge is 2.06. The smallest absolute Gasteiger partial charge is 0.251 e. The summed E-state index contributed by atoms with van der Waals surface area (Å²) in [7, 11) is 0. The first-order valence-electron chi connectivity index (χ1n) is 6.57. The molecule has 0 bridgehead atoms. The normalized spacial score (nSPS) is 10.1. The van der Waals surface area contributed by atoms with Crippen molar-refractivity contribution < 1.29 is 4.79 Å². The zero-order valence-electron chi connectivity index (χ0n) is 11.7. The highest BCUT2D eigenvalue weighted by Crippen LogP contribution is 2.17. The molecule has 1 aromatic heterocycles. The van der Waals surface area contributed by atoms with Gasteiger partial charge in [0.15, 0.2) is 0 Å². The van der Waals surface area contributed by atoms with Crippen molar-refractivity contribution in [1.82, 2.24) is 15.3 Å². The van der Waals surface area contributed by atoms with Crippen molar-refractivity contribution >= 4 is 11.6 Å². The number of aromatic nitrogens is 2. The Hall–Kier alpha value is -2.43. The number of rotatable bonds is 5. The average Bonchev–Trinajstić information content (AvgIpc) is 2.47. The lowest BCUT2D eigenvalue weighted by molar-refractivity contribution is 0.0956. The van der Waals surface area contributed by atoms with Gasteiger partial charge in [-0.1, -0.05) is 0 Å². The summed E-state index contributed by atoms with van der Waals surface area (Å²) in [6, 6.07) is 5.63. The minimum absolute atomic E-state index is 0.0430. The molecule has 0 saturated carbocycles. The largest absolute Gasteiger partial charge is 0.381 e. The van der Waals surface area contributed by atoms with Crippen LogP contribution in [0.1, 0.15) is 28.4 Å². The molecular formula is C15H18N4O. The fourth-order valence-electron chi connectivity index (χ4n) is 1.88. The van der Waals surface area contributed by atoms with Gasteiger partial charge in [-0.05, 0) is 37.6 Å². The molecule has 0 fully saturated rings. The van der Waals surface area contributed by atoms with E-state index in [4.69, 9.17) is 0 Å². The molecule has 0 aliphatic heterocycles. The average molecular weight is 270 g/mol. The first-order valence-corrected chi connectivity index (χ1v) is 6.57. The van der Waals surface area contributed by atoms with Crippen LogP contribution in [0.3, 0.4) is 0 Å². The highest BCUT2D eigenvalue weighted by molar-refractivity contribution is 5.94. The van der Waals surface area contributed by atoms with E-state index in [1.54, 1.807) is 12.4 Å². The fraction of sp³-hybridized carbons (Fsp3) is 0.267. The fourth-order valence-corrected chi connectivity index (χ4v) is 1.88. The quantitative estimate of drug-likeness (QED) is 0.873. The number of aryl methyl sites for hydroxylation is 1. The van der Waals surface area contributed by atoms with Crippen LogP contribution in [0.15, 0.2) is 36.9 Å². The molecule has 2 aromatic rings. The van der Waals surface area contributed by atoms with E-state index in [9.17, 15) is 4.79 Å². The van der Waals surface area contributed by atoms with Gasteiger partial charge in [0.05, 0.1) is 0 Å². The van der Waals surface area contributed by atoms with Crippen LogP contribution in [-0.4, -0.2) is 22.4 Å². The summed E-state index contributed by atoms with van der Waals surface area (Å²) in [6.07, 6.45) is 5.06. The van der Waals surface area contributed by atoms with Crippen molar-refractivity contribution in [2.45, 2.75) is 20.4 Å². The van der Waals surface area contributed by atoms with Crippen LogP contribution in [0, 0.1) is 6.92 Å². The van der Waals surface area contributed by atoms with Gasteiger partial charge >= 0.3 is 0 Å². The van der Waals surface area contributed by atoms with E-state index in [1.165, 1.54) is 6.33 Å². The van der Waals surface area contributed by atoms with Gasteiger partial charge < -0.3 is 10.6 Å². The van der Waals surface area contributed by atoms with Gasteiger partial charge in [0, 0.05) is 42.3 Å². The second-order valence-electron chi connectivity index (χ2n) is 4.49. The van der Waals surface area contributed by atoms with E-state index in [0.717, 1.165) is 16.8 Å².